The Morgan fingerprint density at radius 2 is 1.70 bits per heavy atom. The summed E-state index contributed by atoms with van der Waals surface area (Å²) in [5.74, 6) is 2.58. The Kier molecular flexibility index (Phi) is 10.4. The quantitative estimate of drug-likeness (QED) is 0.241. The van der Waals surface area contributed by atoms with Crippen LogP contribution in [0.4, 0.5) is 5.69 Å². The van der Waals surface area contributed by atoms with E-state index in [1.165, 1.54) is 5.56 Å². The van der Waals surface area contributed by atoms with Gasteiger partial charge in [-0.05, 0) is 44.0 Å². The zero-order valence-electron chi connectivity index (χ0n) is 16.0. The van der Waals surface area contributed by atoms with Crippen molar-refractivity contribution in [1.29, 1.82) is 0 Å². The average Bonchev–Trinajstić information content (AvgIpc) is 2.65. The number of nitrogens with one attached hydrogen (secondary N) is 1. The van der Waals surface area contributed by atoms with Gasteiger partial charge in [-0.3, -0.25) is 4.99 Å². The molecule has 27 heavy (non-hydrogen) atoms. The average molecular weight is 485 g/mol. The lowest BCUT2D eigenvalue weighted by Crippen LogP contribution is -2.22. The fraction of sp³-hybridized carbons (Fsp3) is 0.350. The molecule has 3 N–H and O–H groups in total. The number of ether oxygens (including phenoxy) is 3. The summed E-state index contributed by atoms with van der Waals surface area (Å²) in [6.45, 7) is 3.37. The number of aryl methyl sites for hydroxylation is 1. The first-order valence-corrected chi connectivity index (χ1v) is 8.61. The van der Waals surface area contributed by atoms with Gasteiger partial charge < -0.3 is 25.3 Å². The van der Waals surface area contributed by atoms with E-state index in [-0.39, 0.29) is 24.0 Å². The van der Waals surface area contributed by atoms with E-state index in [0.29, 0.717) is 30.6 Å². The molecule has 0 aliphatic rings. The third kappa shape index (κ3) is 7.94. The van der Waals surface area contributed by atoms with Crippen LogP contribution >= 0.6 is 24.0 Å². The van der Waals surface area contributed by atoms with Crippen molar-refractivity contribution < 1.29 is 14.2 Å². The zero-order valence-corrected chi connectivity index (χ0v) is 18.4. The lowest BCUT2D eigenvalue weighted by Gasteiger charge is -2.11. The highest BCUT2D eigenvalue weighted by atomic mass is 127. The van der Waals surface area contributed by atoms with Crippen molar-refractivity contribution in [2.45, 2.75) is 19.8 Å². The lowest BCUT2D eigenvalue weighted by atomic mass is 10.2. The molecule has 2 rings (SSSR count). The van der Waals surface area contributed by atoms with Crippen molar-refractivity contribution in [3.63, 3.8) is 0 Å². The fourth-order valence-corrected chi connectivity index (χ4v) is 2.34. The maximum Gasteiger partial charge on any atom is 0.193 e. The van der Waals surface area contributed by atoms with Gasteiger partial charge in [0.15, 0.2) is 17.5 Å². The van der Waals surface area contributed by atoms with Crippen molar-refractivity contribution >= 4 is 35.6 Å². The highest BCUT2D eigenvalue weighted by molar-refractivity contribution is 14.0. The molecule has 0 saturated carbocycles. The van der Waals surface area contributed by atoms with Crippen LogP contribution in [0.25, 0.3) is 0 Å². The van der Waals surface area contributed by atoms with Gasteiger partial charge in [-0.1, -0.05) is 17.7 Å². The number of aliphatic imine (C=N–C) groups is 1. The molecule has 0 fully saturated rings. The second-order valence-corrected chi connectivity index (χ2v) is 5.83. The SMILES string of the molecule is COc1ccc(NC(N)=NCCCCOc2ccc(C)cc2)cc1OC.I. The number of hydrogen-bond donors (Lipinski definition) is 2. The predicted octanol–water partition coefficient (Wildman–Crippen LogP) is 4.22. The minimum absolute atomic E-state index is 0. The van der Waals surface area contributed by atoms with E-state index in [9.17, 15) is 0 Å². The molecule has 148 valence electrons. The van der Waals surface area contributed by atoms with Gasteiger partial charge in [-0.15, -0.1) is 24.0 Å². The summed E-state index contributed by atoms with van der Waals surface area (Å²) in [4.78, 5) is 4.33. The first-order chi connectivity index (χ1) is 12.6. The summed E-state index contributed by atoms with van der Waals surface area (Å²) < 4.78 is 16.2. The minimum Gasteiger partial charge on any atom is -0.494 e. The molecule has 6 nitrogen and oxygen atoms in total. The molecule has 0 aliphatic carbocycles. The molecule has 0 amide bonds. The van der Waals surface area contributed by atoms with Gasteiger partial charge in [-0.2, -0.15) is 0 Å². The van der Waals surface area contributed by atoms with E-state index < -0.39 is 0 Å². The highest BCUT2D eigenvalue weighted by Crippen LogP contribution is 2.29. The number of anilines is 1. The summed E-state index contributed by atoms with van der Waals surface area (Å²) in [6, 6.07) is 13.5. The van der Waals surface area contributed by atoms with E-state index in [1.54, 1.807) is 14.2 Å². The molecule has 7 heteroatoms. The summed E-state index contributed by atoms with van der Waals surface area (Å²) in [5.41, 5.74) is 7.95. The number of methoxy groups -OCH3 is 2. The molecule has 0 bridgehead atoms. The van der Waals surface area contributed by atoms with Gasteiger partial charge in [0.25, 0.3) is 0 Å². The van der Waals surface area contributed by atoms with Gasteiger partial charge >= 0.3 is 0 Å². The Labute approximate surface area is 178 Å². The van der Waals surface area contributed by atoms with Crippen LogP contribution in [0.2, 0.25) is 0 Å². The molecule has 0 radical (unpaired) electrons. The van der Waals surface area contributed by atoms with Gasteiger partial charge in [0.1, 0.15) is 5.75 Å². The summed E-state index contributed by atoms with van der Waals surface area (Å²) in [7, 11) is 3.20. The monoisotopic (exact) mass is 485 g/mol. The smallest absolute Gasteiger partial charge is 0.193 e. The van der Waals surface area contributed by atoms with Crippen LogP contribution < -0.4 is 25.3 Å². The highest BCUT2D eigenvalue weighted by Gasteiger charge is 2.05. The summed E-state index contributed by atoms with van der Waals surface area (Å²) in [5, 5.41) is 3.05. The molecule has 0 saturated heterocycles. The second kappa shape index (κ2) is 12.3. The van der Waals surface area contributed by atoms with Crippen LogP contribution in [-0.2, 0) is 0 Å². The maximum absolute atomic E-state index is 5.92. The van der Waals surface area contributed by atoms with E-state index in [0.717, 1.165) is 24.3 Å². The molecule has 0 spiro atoms. The van der Waals surface area contributed by atoms with Crippen molar-refractivity contribution in [3.8, 4) is 17.2 Å². The molecule has 0 heterocycles. The number of guanidine groups is 1. The number of hydrogen-bond acceptors (Lipinski definition) is 4. The van der Waals surface area contributed by atoms with Crippen molar-refractivity contribution in [1.82, 2.24) is 0 Å². The Morgan fingerprint density at radius 1 is 1.00 bits per heavy atom. The number of unbranched alkanes of at least 4 members (excludes halogenated alkanes) is 1. The van der Waals surface area contributed by atoms with Crippen LogP contribution in [0.5, 0.6) is 17.2 Å². The number of nitrogens with zero attached hydrogens (tertiary/aromatic N) is 1. The first-order valence-electron chi connectivity index (χ1n) is 8.61. The molecule has 0 aromatic heterocycles. The van der Waals surface area contributed by atoms with Gasteiger partial charge in [-0.25, -0.2) is 0 Å². The van der Waals surface area contributed by atoms with Crippen LogP contribution in [-0.4, -0.2) is 33.3 Å². The molecular weight excluding hydrogens is 457 g/mol. The molecule has 0 aliphatic heterocycles. The zero-order chi connectivity index (χ0) is 18.8. The van der Waals surface area contributed by atoms with Crippen LogP contribution in [0, 0.1) is 6.92 Å². The fourth-order valence-electron chi connectivity index (χ4n) is 2.34. The number of nitrogens with two attached hydrogens (primary N) is 1. The Bertz CT molecular complexity index is 721. The number of benzene rings is 2. The topological polar surface area (TPSA) is 78.1 Å². The Balaban J connectivity index is 0.00000364. The van der Waals surface area contributed by atoms with Crippen molar-refractivity contribution in [2.24, 2.45) is 10.7 Å². The van der Waals surface area contributed by atoms with Crippen LogP contribution in [0.3, 0.4) is 0 Å². The lowest BCUT2D eigenvalue weighted by molar-refractivity contribution is 0.308. The number of halogens is 1. The third-order valence-electron chi connectivity index (χ3n) is 3.78. The number of rotatable bonds is 9. The Hall–Kier alpha value is -2.16. The molecule has 0 unspecified atom stereocenters. The van der Waals surface area contributed by atoms with Gasteiger partial charge in [0.05, 0.1) is 20.8 Å². The predicted molar refractivity (Wildman–Crippen MR) is 121 cm³/mol. The van der Waals surface area contributed by atoms with Crippen LogP contribution in [0.1, 0.15) is 18.4 Å². The molecular formula is C20H28IN3O3. The normalized spacial score (nSPS) is 10.7. The molecule has 0 atom stereocenters. The second-order valence-electron chi connectivity index (χ2n) is 5.83. The van der Waals surface area contributed by atoms with E-state index in [1.807, 2.05) is 42.5 Å². The van der Waals surface area contributed by atoms with E-state index in [2.05, 4.69) is 17.2 Å². The van der Waals surface area contributed by atoms with Crippen LogP contribution in [0.15, 0.2) is 47.5 Å². The van der Waals surface area contributed by atoms with Gasteiger partial charge in [0.2, 0.25) is 0 Å². The minimum atomic E-state index is 0. The van der Waals surface area contributed by atoms with Crippen molar-refractivity contribution in [3.05, 3.63) is 48.0 Å². The van der Waals surface area contributed by atoms with E-state index in [4.69, 9.17) is 19.9 Å². The molecule has 2 aromatic rings. The maximum atomic E-state index is 5.92. The summed E-state index contributed by atoms with van der Waals surface area (Å²) >= 11 is 0. The van der Waals surface area contributed by atoms with Crippen molar-refractivity contribution in [2.75, 3.05) is 32.7 Å². The van der Waals surface area contributed by atoms with Gasteiger partial charge in [0, 0.05) is 18.3 Å². The first kappa shape index (κ1) is 22.9. The largest absolute Gasteiger partial charge is 0.494 e. The Morgan fingerprint density at radius 3 is 2.37 bits per heavy atom. The third-order valence-corrected chi connectivity index (χ3v) is 3.78. The molecule has 2 aromatic carbocycles. The summed E-state index contributed by atoms with van der Waals surface area (Å²) in [6.07, 6.45) is 1.82. The standard InChI is InChI=1S/C20H27N3O3.HI/c1-15-6-9-17(10-7-15)26-13-5-4-12-22-20(21)23-16-8-11-18(24-2)19(14-16)25-3;/h6-11,14H,4-5,12-13H2,1-3H3,(H3,21,22,23);1H. The van der Waals surface area contributed by atoms with E-state index >= 15 is 0 Å².